The maximum atomic E-state index is 10.8. The summed E-state index contributed by atoms with van der Waals surface area (Å²) in [5.74, 6) is -0.612. The Morgan fingerprint density at radius 3 is 2.00 bits per heavy atom. The summed E-state index contributed by atoms with van der Waals surface area (Å²) < 4.78 is 0. The molecule has 1 saturated carbocycles. The van der Waals surface area contributed by atoms with E-state index in [1.807, 2.05) is 6.92 Å². The van der Waals surface area contributed by atoms with Gasteiger partial charge in [0.25, 0.3) is 0 Å². The van der Waals surface area contributed by atoms with Gasteiger partial charge in [0.2, 0.25) is 0 Å². The first kappa shape index (κ1) is 8.57. The Kier molecular flexibility index (Phi) is 2.53. The van der Waals surface area contributed by atoms with Gasteiger partial charge in [0.05, 0.1) is 5.41 Å². The van der Waals surface area contributed by atoms with Crippen molar-refractivity contribution in [3.8, 4) is 0 Å². The summed E-state index contributed by atoms with van der Waals surface area (Å²) in [4.78, 5) is 10.8. The monoisotopic (exact) mass is 156 g/mol. The van der Waals surface area contributed by atoms with Gasteiger partial charge in [0, 0.05) is 0 Å². The maximum absolute atomic E-state index is 10.8. The van der Waals surface area contributed by atoms with Crippen molar-refractivity contribution in [2.45, 2.75) is 45.4 Å². The first-order valence-electron chi connectivity index (χ1n) is 4.38. The van der Waals surface area contributed by atoms with Gasteiger partial charge >= 0.3 is 5.97 Å². The Balaban J connectivity index is 2.59. The van der Waals surface area contributed by atoms with E-state index >= 15 is 0 Å². The van der Waals surface area contributed by atoms with Gasteiger partial charge in [-0.25, -0.2) is 0 Å². The molecule has 2 nitrogen and oxygen atoms in total. The van der Waals surface area contributed by atoms with E-state index in [0.29, 0.717) is 0 Å². The number of carboxylic acid groups (broad SMARTS) is 1. The fourth-order valence-electron chi connectivity index (χ4n) is 1.72. The van der Waals surface area contributed by atoms with Crippen LogP contribution in [0.25, 0.3) is 0 Å². The van der Waals surface area contributed by atoms with Gasteiger partial charge in [-0.2, -0.15) is 0 Å². The molecule has 0 aromatic carbocycles. The summed E-state index contributed by atoms with van der Waals surface area (Å²) in [6.07, 6.45) is 6.32. The van der Waals surface area contributed by atoms with Crippen LogP contribution in [0, 0.1) is 5.41 Å². The van der Waals surface area contributed by atoms with Crippen molar-refractivity contribution in [3.63, 3.8) is 0 Å². The summed E-state index contributed by atoms with van der Waals surface area (Å²) in [5, 5.41) is 8.92. The maximum Gasteiger partial charge on any atom is 0.309 e. The Morgan fingerprint density at radius 1 is 1.18 bits per heavy atom. The highest BCUT2D eigenvalue weighted by atomic mass is 16.4. The number of aliphatic carboxylic acids is 1. The molecule has 11 heavy (non-hydrogen) atoms. The normalized spacial score (nSPS) is 24.1. The second-order valence-corrected chi connectivity index (χ2v) is 3.78. The molecule has 0 radical (unpaired) electrons. The highest BCUT2D eigenvalue weighted by Crippen LogP contribution is 2.34. The topological polar surface area (TPSA) is 37.3 Å². The van der Waals surface area contributed by atoms with Gasteiger partial charge in [-0.15, -0.1) is 0 Å². The molecule has 0 aromatic rings. The zero-order chi connectivity index (χ0) is 8.32. The number of carbonyl (C=O) groups is 1. The molecule has 1 aliphatic rings. The van der Waals surface area contributed by atoms with E-state index in [0.717, 1.165) is 25.7 Å². The molecule has 0 aliphatic heterocycles. The second kappa shape index (κ2) is 3.24. The molecular formula is C9H16O2. The standard InChI is InChI=1S/C9H16O2/c1-9(8(10)11)6-4-2-3-5-7-9/h2-7H2,1H3,(H,10,11). The Morgan fingerprint density at radius 2 is 1.64 bits per heavy atom. The van der Waals surface area contributed by atoms with Crippen molar-refractivity contribution in [3.05, 3.63) is 0 Å². The summed E-state index contributed by atoms with van der Waals surface area (Å²) in [5.41, 5.74) is -0.420. The minimum atomic E-state index is -0.612. The zero-order valence-electron chi connectivity index (χ0n) is 7.10. The molecule has 0 unspecified atom stereocenters. The van der Waals surface area contributed by atoms with Gasteiger partial charge in [-0.3, -0.25) is 4.79 Å². The lowest BCUT2D eigenvalue weighted by Crippen LogP contribution is -2.26. The van der Waals surface area contributed by atoms with E-state index in [9.17, 15) is 4.79 Å². The quantitative estimate of drug-likeness (QED) is 0.592. The van der Waals surface area contributed by atoms with Crippen molar-refractivity contribution in [2.24, 2.45) is 5.41 Å². The lowest BCUT2D eigenvalue weighted by molar-refractivity contribution is -0.148. The molecular weight excluding hydrogens is 140 g/mol. The molecule has 0 aromatic heterocycles. The summed E-state index contributed by atoms with van der Waals surface area (Å²) >= 11 is 0. The van der Waals surface area contributed by atoms with E-state index in [4.69, 9.17) is 5.11 Å². The van der Waals surface area contributed by atoms with Gasteiger partial charge in [-0.05, 0) is 19.8 Å². The van der Waals surface area contributed by atoms with Crippen LogP contribution in [0.1, 0.15) is 45.4 Å². The summed E-state index contributed by atoms with van der Waals surface area (Å²) in [6, 6.07) is 0. The smallest absolute Gasteiger partial charge is 0.309 e. The Hall–Kier alpha value is -0.530. The van der Waals surface area contributed by atoms with Crippen molar-refractivity contribution < 1.29 is 9.90 Å². The van der Waals surface area contributed by atoms with Crippen molar-refractivity contribution in [2.75, 3.05) is 0 Å². The Labute approximate surface area is 67.6 Å². The highest BCUT2D eigenvalue weighted by molar-refractivity contribution is 5.74. The van der Waals surface area contributed by atoms with Crippen LogP contribution in [-0.2, 0) is 4.79 Å². The number of hydrogen-bond acceptors (Lipinski definition) is 1. The molecule has 1 N–H and O–H groups in total. The molecule has 1 fully saturated rings. The van der Waals surface area contributed by atoms with Crippen molar-refractivity contribution >= 4 is 5.97 Å². The van der Waals surface area contributed by atoms with Gasteiger partial charge in [-0.1, -0.05) is 25.7 Å². The number of carboxylic acids is 1. The molecule has 1 aliphatic carbocycles. The third-order valence-corrected chi connectivity index (χ3v) is 2.72. The van der Waals surface area contributed by atoms with E-state index in [-0.39, 0.29) is 0 Å². The summed E-state index contributed by atoms with van der Waals surface area (Å²) in [6.45, 7) is 1.88. The van der Waals surface area contributed by atoms with E-state index in [1.165, 1.54) is 12.8 Å². The fourth-order valence-corrected chi connectivity index (χ4v) is 1.72. The minimum absolute atomic E-state index is 0.420. The van der Waals surface area contributed by atoms with Crippen LogP contribution < -0.4 is 0 Å². The molecule has 1 rings (SSSR count). The highest BCUT2D eigenvalue weighted by Gasteiger charge is 2.32. The molecule has 0 amide bonds. The lowest BCUT2D eigenvalue weighted by Gasteiger charge is -2.21. The van der Waals surface area contributed by atoms with Crippen LogP contribution in [0.4, 0.5) is 0 Å². The lowest BCUT2D eigenvalue weighted by atomic mass is 9.83. The van der Waals surface area contributed by atoms with Crippen molar-refractivity contribution in [1.29, 1.82) is 0 Å². The van der Waals surface area contributed by atoms with Gasteiger partial charge < -0.3 is 5.11 Å². The second-order valence-electron chi connectivity index (χ2n) is 3.78. The molecule has 0 bridgehead atoms. The van der Waals surface area contributed by atoms with E-state index in [1.54, 1.807) is 0 Å². The zero-order valence-corrected chi connectivity index (χ0v) is 7.10. The van der Waals surface area contributed by atoms with Gasteiger partial charge in [0.1, 0.15) is 0 Å². The summed E-state index contributed by atoms with van der Waals surface area (Å²) in [7, 11) is 0. The van der Waals surface area contributed by atoms with Crippen LogP contribution in [0.3, 0.4) is 0 Å². The first-order chi connectivity index (χ1) is 5.15. The fraction of sp³-hybridized carbons (Fsp3) is 0.889. The molecule has 2 heteroatoms. The number of hydrogen-bond donors (Lipinski definition) is 1. The average Bonchev–Trinajstić information content (AvgIpc) is 2.15. The van der Waals surface area contributed by atoms with Crippen LogP contribution in [0.5, 0.6) is 0 Å². The van der Waals surface area contributed by atoms with E-state index < -0.39 is 11.4 Å². The largest absolute Gasteiger partial charge is 0.481 e. The van der Waals surface area contributed by atoms with Crippen LogP contribution >= 0.6 is 0 Å². The third kappa shape index (κ3) is 1.95. The first-order valence-corrected chi connectivity index (χ1v) is 4.38. The van der Waals surface area contributed by atoms with E-state index in [2.05, 4.69) is 0 Å². The van der Waals surface area contributed by atoms with Crippen molar-refractivity contribution in [1.82, 2.24) is 0 Å². The minimum Gasteiger partial charge on any atom is -0.481 e. The van der Waals surface area contributed by atoms with Crippen LogP contribution in [0.15, 0.2) is 0 Å². The van der Waals surface area contributed by atoms with Crippen LogP contribution in [0.2, 0.25) is 0 Å². The predicted molar refractivity (Wildman–Crippen MR) is 43.4 cm³/mol. The number of rotatable bonds is 1. The molecule has 64 valence electrons. The van der Waals surface area contributed by atoms with Crippen LogP contribution in [-0.4, -0.2) is 11.1 Å². The predicted octanol–water partition coefficient (Wildman–Crippen LogP) is 2.43. The van der Waals surface area contributed by atoms with Gasteiger partial charge in [0.15, 0.2) is 0 Å². The SMILES string of the molecule is CC1(C(=O)O)CCCCCC1. The Bertz CT molecular complexity index is 144. The average molecular weight is 156 g/mol. The third-order valence-electron chi connectivity index (χ3n) is 2.72. The molecule has 0 heterocycles. The molecule has 0 saturated heterocycles. The molecule has 0 atom stereocenters. The molecule has 0 spiro atoms.